The number of nitrogens with one attached hydrogen (secondary N) is 1. The number of benzene rings is 1. The Morgan fingerprint density at radius 3 is 2.62 bits per heavy atom. The van der Waals surface area contributed by atoms with Gasteiger partial charge in [0.05, 0.1) is 7.11 Å². The van der Waals surface area contributed by atoms with E-state index in [0.717, 1.165) is 5.56 Å². The Balaban J connectivity index is 2.02. The van der Waals surface area contributed by atoms with Gasteiger partial charge in [0.15, 0.2) is 0 Å². The summed E-state index contributed by atoms with van der Waals surface area (Å²) in [5, 5.41) is 4.79. The van der Waals surface area contributed by atoms with Crippen molar-refractivity contribution in [3.05, 3.63) is 34.9 Å². The number of carbonyl (C=O) groups excluding carboxylic acids is 2. The molecule has 0 bridgehead atoms. The first kappa shape index (κ1) is 15.8. The number of carbonyl (C=O) groups is 2. The van der Waals surface area contributed by atoms with Crippen LogP contribution in [0.3, 0.4) is 0 Å². The molecule has 1 N–H and O–H groups in total. The standard InChI is InChI=1S/C15H19ClN2O3/c1-18(21-2)14(20)12-8-15(9-12,17-10-19)7-11-3-5-13(16)6-4-11/h3-6,10,12H,7-9H2,1-2H3,(H,17,19). The lowest BCUT2D eigenvalue weighted by Gasteiger charge is -2.47. The van der Waals surface area contributed by atoms with Gasteiger partial charge in [-0.05, 0) is 37.0 Å². The van der Waals surface area contributed by atoms with E-state index in [-0.39, 0.29) is 17.4 Å². The molecule has 1 aromatic rings. The number of halogens is 1. The second-order valence-electron chi connectivity index (χ2n) is 5.47. The average molecular weight is 311 g/mol. The third-order valence-electron chi connectivity index (χ3n) is 4.03. The van der Waals surface area contributed by atoms with Crippen molar-refractivity contribution in [2.45, 2.75) is 24.8 Å². The molecule has 21 heavy (non-hydrogen) atoms. The van der Waals surface area contributed by atoms with E-state index < -0.39 is 0 Å². The van der Waals surface area contributed by atoms with E-state index in [1.165, 1.54) is 12.2 Å². The summed E-state index contributed by atoms with van der Waals surface area (Å²) in [6.45, 7) is 0. The van der Waals surface area contributed by atoms with Crippen LogP contribution in [0.1, 0.15) is 18.4 Å². The molecule has 2 rings (SSSR count). The zero-order valence-corrected chi connectivity index (χ0v) is 12.9. The van der Waals surface area contributed by atoms with Crippen LogP contribution in [-0.4, -0.2) is 37.1 Å². The lowest BCUT2D eigenvalue weighted by atomic mass is 9.65. The van der Waals surface area contributed by atoms with Crippen molar-refractivity contribution < 1.29 is 14.4 Å². The maximum Gasteiger partial charge on any atom is 0.249 e. The van der Waals surface area contributed by atoms with E-state index in [1.807, 2.05) is 24.3 Å². The molecular formula is C15H19ClN2O3. The number of hydroxylamine groups is 2. The Labute approximate surface area is 129 Å². The van der Waals surface area contributed by atoms with Gasteiger partial charge >= 0.3 is 0 Å². The second-order valence-corrected chi connectivity index (χ2v) is 5.91. The van der Waals surface area contributed by atoms with E-state index in [9.17, 15) is 9.59 Å². The largest absolute Gasteiger partial charge is 0.353 e. The third-order valence-corrected chi connectivity index (χ3v) is 4.28. The summed E-state index contributed by atoms with van der Waals surface area (Å²) in [7, 11) is 3.05. The van der Waals surface area contributed by atoms with Crippen LogP contribution in [0.2, 0.25) is 5.02 Å². The van der Waals surface area contributed by atoms with E-state index >= 15 is 0 Å². The van der Waals surface area contributed by atoms with Crippen molar-refractivity contribution in [2.24, 2.45) is 5.92 Å². The van der Waals surface area contributed by atoms with Gasteiger partial charge in [0, 0.05) is 23.5 Å². The van der Waals surface area contributed by atoms with Gasteiger partial charge in [-0.25, -0.2) is 5.06 Å². The van der Waals surface area contributed by atoms with Crippen molar-refractivity contribution >= 4 is 23.9 Å². The molecule has 0 spiro atoms. The van der Waals surface area contributed by atoms with Crippen molar-refractivity contribution in [1.29, 1.82) is 0 Å². The minimum absolute atomic E-state index is 0.0584. The predicted molar refractivity (Wildman–Crippen MR) is 79.6 cm³/mol. The third kappa shape index (κ3) is 3.54. The molecule has 1 aromatic carbocycles. The minimum Gasteiger partial charge on any atom is -0.353 e. The highest BCUT2D eigenvalue weighted by Crippen LogP contribution is 2.41. The van der Waals surface area contributed by atoms with Crippen LogP contribution in [0, 0.1) is 5.92 Å². The molecule has 0 radical (unpaired) electrons. The van der Waals surface area contributed by atoms with Crippen LogP contribution >= 0.6 is 11.6 Å². The molecular weight excluding hydrogens is 292 g/mol. The maximum atomic E-state index is 12.0. The Bertz CT molecular complexity index is 512. The smallest absolute Gasteiger partial charge is 0.249 e. The normalized spacial score (nSPS) is 24.0. The summed E-state index contributed by atoms with van der Waals surface area (Å²) in [4.78, 5) is 27.8. The SMILES string of the molecule is CON(C)C(=O)C1CC(Cc2ccc(Cl)cc2)(NC=O)C1. The van der Waals surface area contributed by atoms with Crippen LogP contribution in [0.4, 0.5) is 0 Å². The second kappa shape index (κ2) is 6.45. The molecule has 114 valence electrons. The van der Waals surface area contributed by atoms with Gasteiger partial charge in [-0.1, -0.05) is 23.7 Å². The van der Waals surface area contributed by atoms with E-state index in [2.05, 4.69) is 5.32 Å². The summed E-state index contributed by atoms with van der Waals surface area (Å²) < 4.78 is 0. The van der Waals surface area contributed by atoms with Crippen molar-refractivity contribution in [3.63, 3.8) is 0 Å². The Morgan fingerprint density at radius 2 is 2.10 bits per heavy atom. The Morgan fingerprint density at radius 1 is 1.48 bits per heavy atom. The molecule has 6 heteroatoms. The quantitative estimate of drug-likeness (QED) is 0.644. The first-order valence-electron chi connectivity index (χ1n) is 6.77. The molecule has 2 amide bonds. The maximum absolute atomic E-state index is 12.0. The average Bonchev–Trinajstić information content (AvgIpc) is 2.45. The fourth-order valence-corrected chi connectivity index (χ4v) is 2.96. The zero-order valence-electron chi connectivity index (χ0n) is 12.1. The molecule has 0 heterocycles. The zero-order chi connectivity index (χ0) is 15.5. The monoisotopic (exact) mass is 310 g/mol. The number of hydrogen-bond acceptors (Lipinski definition) is 3. The fraction of sp³-hybridized carbons (Fsp3) is 0.467. The lowest BCUT2D eigenvalue weighted by Crippen LogP contribution is -2.59. The Kier molecular flexibility index (Phi) is 4.85. The van der Waals surface area contributed by atoms with Crippen LogP contribution in [0.25, 0.3) is 0 Å². The molecule has 1 aliphatic rings. The van der Waals surface area contributed by atoms with Crippen molar-refractivity contribution in [3.8, 4) is 0 Å². The van der Waals surface area contributed by atoms with Crippen LogP contribution in [-0.2, 0) is 20.8 Å². The molecule has 5 nitrogen and oxygen atoms in total. The van der Waals surface area contributed by atoms with Crippen LogP contribution in [0.15, 0.2) is 24.3 Å². The number of hydrogen-bond donors (Lipinski definition) is 1. The number of rotatable bonds is 6. The summed E-state index contributed by atoms with van der Waals surface area (Å²) >= 11 is 5.87. The molecule has 0 saturated heterocycles. The van der Waals surface area contributed by atoms with Gasteiger partial charge in [-0.2, -0.15) is 0 Å². The van der Waals surface area contributed by atoms with E-state index in [0.29, 0.717) is 30.7 Å². The minimum atomic E-state index is -0.357. The van der Waals surface area contributed by atoms with Gasteiger partial charge in [0.2, 0.25) is 12.3 Å². The number of nitrogens with zero attached hydrogens (tertiary/aromatic N) is 1. The highest BCUT2D eigenvalue weighted by Gasteiger charge is 2.48. The molecule has 0 aromatic heterocycles. The van der Waals surface area contributed by atoms with Gasteiger partial charge in [-0.15, -0.1) is 0 Å². The lowest BCUT2D eigenvalue weighted by molar-refractivity contribution is -0.179. The van der Waals surface area contributed by atoms with Crippen molar-refractivity contribution in [2.75, 3.05) is 14.2 Å². The van der Waals surface area contributed by atoms with Gasteiger partial charge in [-0.3, -0.25) is 14.4 Å². The summed E-state index contributed by atoms with van der Waals surface area (Å²) in [6, 6.07) is 7.52. The first-order valence-corrected chi connectivity index (χ1v) is 7.15. The predicted octanol–water partition coefficient (Wildman–Crippen LogP) is 1.80. The highest BCUT2D eigenvalue weighted by atomic mass is 35.5. The summed E-state index contributed by atoms with van der Waals surface area (Å²) in [5.74, 6) is -0.174. The first-order chi connectivity index (χ1) is 9.99. The van der Waals surface area contributed by atoms with E-state index in [4.69, 9.17) is 16.4 Å². The molecule has 1 aliphatic carbocycles. The van der Waals surface area contributed by atoms with Gasteiger partial charge in [0.25, 0.3) is 0 Å². The van der Waals surface area contributed by atoms with Gasteiger partial charge in [0.1, 0.15) is 0 Å². The molecule has 1 fully saturated rings. The molecule has 0 atom stereocenters. The molecule has 0 unspecified atom stereocenters. The molecule has 1 saturated carbocycles. The van der Waals surface area contributed by atoms with Crippen LogP contribution in [0.5, 0.6) is 0 Å². The van der Waals surface area contributed by atoms with E-state index in [1.54, 1.807) is 7.05 Å². The topological polar surface area (TPSA) is 58.6 Å². The molecule has 0 aliphatic heterocycles. The highest BCUT2D eigenvalue weighted by molar-refractivity contribution is 6.30. The fourth-order valence-electron chi connectivity index (χ4n) is 2.84. The summed E-state index contributed by atoms with van der Waals surface area (Å²) in [6.07, 6.45) is 2.61. The number of amides is 2. The van der Waals surface area contributed by atoms with Crippen LogP contribution < -0.4 is 5.32 Å². The van der Waals surface area contributed by atoms with Crippen molar-refractivity contribution in [1.82, 2.24) is 10.4 Å². The Hall–Kier alpha value is -1.59. The summed E-state index contributed by atoms with van der Waals surface area (Å²) in [5.41, 5.74) is 0.726. The van der Waals surface area contributed by atoms with Gasteiger partial charge < -0.3 is 5.32 Å².